The van der Waals surface area contributed by atoms with Gasteiger partial charge in [0, 0.05) is 18.7 Å². The van der Waals surface area contributed by atoms with E-state index in [0.29, 0.717) is 11.6 Å². The van der Waals surface area contributed by atoms with Crippen molar-refractivity contribution in [1.29, 1.82) is 0 Å². The van der Waals surface area contributed by atoms with Gasteiger partial charge in [0.25, 0.3) is 0 Å². The summed E-state index contributed by atoms with van der Waals surface area (Å²) in [5, 5.41) is 7.69. The van der Waals surface area contributed by atoms with Gasteiger partial charge >= 0.3 is 5.69 Å². The van der Waals surface area contributed by atoms with Crippen LogP contribution in [0.25, 0.3) is 5.69 Å². The highest BCUT2D eigenvalue weighted by atomic mass is 16.1. The Labute approximate surface area is 104 Å². The van der Waals surface area contributed by atoms with E-state index in [2.05, 4.69) is 20.4 Å². The van der Waals surface area contributed by atoms with Gasteiger partial charge in [-0.1, -0.05) is 0 Å². The van der Waals surface area contributed by atoms with Gasteiger partial charge in [-0.2, -0.15) is 4.68 Å². The molecule has 2 aromatic rings. The monoisotopic (exact) mass is 245 g/mol. The molecule has 3 heterocycles. The van der Waals surface area contributed by atoms with E-state index < -0.39 is 0 Å². The van der Waals surface area contributed by atoms with E-state index in [1.165, 1.54) is 4.68 Å². The Hall–Kier alpha value is -1.95. The predicted octanol–water partition coefficient (Wildman–Crippen LogP) is 0.423. The first-order valence-electron chi connectivity index (χ1n) is 6.15. The van der Waals surface area contributed by atoms with Gasteiger partial charge in [-0.15, -0.1) is 5.10 Å². The number of pyridine rings is 1. The SMILES string of the molecule is O=c1[nH]c(C2CCCNC2)nn1-c1cccnc1. The molecule has 18 heavy (non-hydrogen) atoms. The largest absolute Gasteiger partial charge is 0.348 e. The first-order chi connectivity index (χ1) is 8.84. The lowest BCUT2D eigenvalue weighted by molar-refractivity contribution is 0.446. The van der Waals surface area contributed by atoms with Gasteiger partial charge < -0.3 is 5.32 Å². The third-order valence-electron chi connectivity index (χ3n) is 3.21. The molecule has 2 aromatic heterocycles. The second-order valence-corrected chi connectivity index (χ2v) is 4.48. The summed E-state index contributed by atoms with van der Waals surface area (Å²) in [4.78, 5) is 18.7. The summed E-state index contributed by atoms with van der Waals surface area (Å²) in [6, 6.07) is 3.61. The van der Waals surface area contributed by atoms with E-state index in [1.54, 1.807) is 18.5 Å². The minimum absolute atomic E-state index is 0.205. The van der Waals surface area contributed by atoms with E-state index >= 15 is 0 Å². The summed E-state index contributed by atoms with van der Waals surface area (Å²) < 4.78 is 1.37. The molecular formula is C12H15N5O. The predicted molar refractivity (Wildman–Crippen MR) is 66.8 cm³/mol. The maximum absolute atomic E-state index is 11.9. The molecule has 94 valence electrons. The van der Waals surface area contributed by atoms with Crippen LogP contribution in [0.3, 0.4) is 0 Å². The van der Waals surface area contributed by atoms with Gasteiger partial charge in [-0.05, 0) is 31.5 Å². The van der Waals surface area contributed by atoms with Gasteiger partial charge in [0.1, 0.15) is 5.82 Å². The summed E-state index contributed by atoms with van der Waals surface area (Å²) in [6.45, 7) is 1.92. The van der Waals surface area contributed by atoms with Crippen molar-refractivity contribution in [3.63, 3.8) is 0 Å². The Kier molecular flexibility index (Phi) is 2.93. The number of hydrogen-bond donors (Lipinski definition) is 2. The topological polar surface area (TPSA) is 75.6 Å². The molecule has 1 fully saturated rings. The minimum atomic E-state index is -0.205. The normalized spacial score (nSPS) is 19.9. The fourth-order valence-corrected chi connectivity index (χ4v) is 2.26. The van der Waals surface area contributed by atoms with Crippen LogP contribution < -0.4 is 11.0 Å². The summed E-state index contributed by atoms with van der Waals surface area (Å²) in [5.74, 6) is 1.06. The second-order valence-electron chi connectivity index (χ2n) is 4.48. The van der Waals surface area contributed by atoms with Crippen molar-refractivity contribution in [2.24, 2.45) is 0 Å². The quantitative estimate of drug-likeness (QED) is 0.804. The number of piperidine rings is 1. The van der Waals surface area contributed by atoms with Gasteiger partial charge in [0.2, 0.25) is 0 Å². The Morgan fingerprint density at radius 2 is 2.39 bits per heavy atom. The molecule has 0 saturated carbocycles. The summed E-state index contributed by atoms with van der Waals surface area (Å²) >= 11 is 0. The Morgan fingerprint density at radius 3 is 3.11 bits per heavy atom. The van der Waals surface area contributed by atoms with Crippen LogP contribution in [0.1, 0.15) is 24.6 Å². The number of aromatic nitrogens is 4. The van der Waals surface area contributed by atoms with Crippen molar-refractivity contribution in [3.8, 4) is 5.69 Å². The van der Waals surface area contributed by atoms with E-state index in [-0.39, 0.29) is 5.69 Å². The summed E-state index contributed by atoms with van der Waals surface area (Å²) in [6.07, 6.45) is 5.48. The van der Waals surface area contributed by atoms with Crippen molar-refractivity contribution in [2.75, 3.05) is 13.1 Å². The van der Waals surface area contributed by atoms with Crippen molar-refractivity contribution in [1.82, 2.24) is 25.1 Å². The van der Waals surface area contributed by atoms with Crippen LogP contribution in [0, 0.1) is 0 Å². The lowest BCUT2D eigenvalue weighted by Gasteiger charge is -2.19. The van der Waals surface area contributed by atoms with Crippen molar-refractivity contribution in [3.05, 3.63) is 40.8 Å². The number of H-pyrrole nitrogens is 1. The smallest absolute Gasteiger partial charge is 0.316 e. The highest BCUT2D eigenvalue weighted by Gasteiger charge is 2.19. The molecule has 1 saturated heterocycles. The van der Waals surface area contributed by atoms with Crippen molar-refractivity contribution >= 4 is 0 Å². The second kappa shape index (κ2) is 4.73. The molecule has 0 radical (unpaired) electrons. The van der Waals surface area contributed by atoms with E-state index in [1.807, 2.05) is 6.07 Å². The third-order valence-corrected chi connectivity index (χ3v) is 3.21. The number of nitrogens with one attached hydrogen (secondary N) is 2. The van der Waals surface area contributed by atoms with Crippen molar-refractivity contribution in [2.45, 2.75) is 18.8 Å². The van der Waals surface area contributed by atoms with E-state index in [9.17, 15) is 4.79 Å². The van der Waals surface area contributed by atoms with Gasteiger partial charge in [-0.3, -0.25) is 9.97 Å². The lowest BCUT2D eigenvalue weighted by atomic mass is 9.99. The molecule has 6 nitrogen and oxygen atoms in total. The minimum Gasteiger partial charge on any atom is -0.316 e. The maximum atomic E-state index is 11.9. The molecule has 0 aromatic carbocycles. The number of rotatable bonds is 2. The van der Waals surface area contributed by atoms with Crippen LogP contribution in [0.4, 0.5) is 0 Å². The molecule has 1 aliphatic rings. The van der Waals surface area contributed by atoms with Crippen LogP contribution in [-0.2, 0) is 0 Å². The van der Waals surface area contributed by atoms with Gasteiger partial charge in [-0.25, -0.2) is 4.79 Å². The average molecular weight is 245 g/mol. The molecule has 0 bridgehead atoms. The molecule has 6 heteroatoms. The molecule has 0 spiro atoms. The molecule has 2 N–H and O–H groups in total. The van der Waals surface area contributed by atoms with Gasteiger partial charge in [0.15, 0.2) is 0 Å². The van der Waals surface area contributed by atoms with Crippen LogP contribution in [0.15, 0.2) is 29.3 Å². The van der Waals surface area contributed by atoms with Crippen LogP contribution in [-0.4, -0.2) is 32.8 Å². The fourth-order valence-electron chi connectivity index (χ4n) is 2.26. The van der Waals surface area contributed by atoms with Gasteiger partial charge in [0.05, 0.1) is 11.9 Å². The first-order valence-corrected chi connectivity index (χ1v) is 6.15. The summed E-state index contributed by atoms with van der Waals surface area (Å²) in [7, 11) is 0. The third kappa shape index (κ3) is 2.06. The zero-order valence-corrected chi connectivity index (χ0v) is 9.97. The van der Waals surface area contributed by atoms with Crippen molar-refractivity contribution < 1.29 is 0 Å². The highest BCUT2D eigenvalue weighted by Crippen LogP contribution is 2.18. The molecule has 1 unspecified atom stereocenters. The molecule has 1 aliphatic heterocycles. The number of nitrogens with zero attached hydrogens (tertiary/aromatic N) is 3. The van der Waals surface area contributed by atoms with E-state index in [0.717, 1.165) is 31.8 Å². The molecule has 0 amide bonds. The first kappa shape index (κ1) is 11.2. The Morgan fingerprint density at radius 1 is 1.44 bits per heavy atom. The fraction of sp³-hybridized carbons (Fsp3) is 0.417. The average Bonchev–Trinajstić information content (AvgIpc) is 2.83. The molecule has 1 atom stereocenters. The Balaban J connectivity index is 1.93. The summed E-state index contributed by atoms with van der Waals surface area (Å²) in [5.41, 5.74) is 0.484. The van der Waals surface area contributed by atoms with Crippen LogP contribution in [0.5, 0.6) is 0 Å². The number of aromatic amines is 1. The van der Waals surface area contributed by atoms with Crippen LogP contribution in [0.2, 0.25) is 0 Å². The molecular weight excluding hydrogens is 230 g/mol. The zero-order valence-electron chi connectivity index (χ0n) is 9.97. The molecule has 3 rings (SSSR count). The lowest BCUT2D eigenvalue weighted by Crippen LogP contribution is -2.29. The number of hydrogen-bond acceptors (Lipinski definition) is 4. The Bertz CT molecular complexity index is 568. The standard InChI is InChI=1S/C12H15N5O/c18-12-15-11(9-3-1-5-13-7-9)16-17(12)10-4-2-6-14-8-10/h2,4,6,8-9,13H,1,3,5,7H2,(H,15,16,18). The maximum Gasteiger partial charge on any atom is 0.348 e. The highest BCUT2D eigenvalue weighted by molar-refractivity contribution is 5.25. The van der Waals surface area contributed by atoms with E-state index in [4.69, 9.17) is 0 Å². The van der Waals surface area contributed by atoms with Crippen LogP contribution >= 0.6 is 0 Å². The zero-order chi connectivity index (χ0) is 12.4. The molecule has 0 aliphatic carbocycles.